The second kappa shape index (κ2) is 42.9. The number of aromatic nitrogens is 2. The largest absolute Gasteiger partial charge is 0.496 e. The van der Waals surface area contributed by atoms with Gasteiger partial charge in [-0.25, -0.2) is 0 Å². The van der Waals surface area contributed by atoms with Gasteiger partial charge in [-0.3, -0.25) is 19.5 Å². The Labute approximate surface area is 599 Å². The number of nitrogens with zero attached hydrogens (tertiary/aromatic N) is 1. The Morgan fingerprint density at radius 3 is 1.12 bits per heavy atom. The Bertz CT molecular complexity index is 4330. The SMILES string of the molecule is COc1cc(/C=C/C(=O)/C=C/c2cc(OC)c(OSOON)c(OC)c2)cc(OC)c1C.COc1cc(/C=C/C(=O)CC(=O)/C=C/c2ccc(OS(N)(=O)=O)c(OC)c2)ccc1OSOON.COc1cc(/C=C/c2cc(/C=C/c3ccc(OS(N)(=O)=O)c(OC)c3)n[nH]2)ccc1OSOON. The molecule has 0 spiro atoms. The lowest BCUT2D eigenvalue weighted by atomic mass is 10.1. The molecule has 0 aliphatic carbocycles. The van der Waals surface area contributed by atoms with Crippen molar-refractivity contribution < 1.29 is 118 Å². The number of ketones is 3. The van der Waals surface area contributed by atoms with Crippen LogP contribution in [-0.2, 0) is 63.0 Å². The molecule has 0 aliphatic heterocycles. The summed E-state index contributed by atoms with van der Waals surface area (Å²) in [5.41, 5.74) is 6.49. The monoisotopic (exact) mass is 1510 g/mol. The number of carbonyl (C=O) groups is 3. The molecule has 0 saturated heterocycles. The quantitative estimate of drug-likeness (QED) is 0.00523. The lowest BCUT2D eigenvalue weighted by molar-refractivity contribution is -0.199. The number of nitrogens with two attached hydrogens (primary N) is 5. The van der Waals surface area contributed by atoms with Crippen molar-refractivity contribution in [3.05, 3.63) is 178 Å². The number of nitrogens with one attached hydrogen (secondary N) is 1. The summed E-state index contributed by atoms with van der Waals surface area (Å²) in [6.45, 7) is 1.90. The number of allylic oxidation sites excluding steroid dienone is 4. The molecular weight excluding hydrogens is 1440 g/mol. The Hall–Kier alpha value is -10.1. The zero-order valence-corrected chi connectivity index (χ0v) is 59.5. The van der Waals surface area contributed by atoms with Crippen LogP contribution in [0.25, 0.3) is 48.6 Å². The molecule has 38 heteroatoms. The summed E-state index contributed by atoms with van der Waals surface area (Å²) in [6.07, 6.45) is 18.6. The third-order valence-corrected chi connectivity index (χ3v) is 14.6. The fraction of sp³-hybridized carbons (Fsp3) is 0.156. The molecule has 0 radical (unpaired) electrons. The minimum Gasteiger partial charge on any atom is -0.496 e. The first-order valence-electron chi connectivity index (χ1n) is 28.4. The van der Waals surface area contributed by atoms with Crippen LogP contribution in [0.3, 0.4) is 0 Å². The standard InChI is InChI=1S/C22H25NO8S.C21H22N4O8S2.C21H22N2O10S2/c1-14-18(25-2)10-15(11-19(14)26-3)6-8-17(24)9-7-16-12-20(27-4)22(21(13-16)28-5)29-32-31-30-23;1-28-20-11-14(5-9-18(20)30-34-33-32-22)3-7-16-13-17(25-24-16)8-4-15-6-10-19(21(12-15)29-2)31-35(23,26)27;1-28-20-11-14(5-9-18(20)30-34-33-32-22)3-7-16(24)13-17(25)8-4-15-6-10-19(21(12-15)29-2)31-35(23,26)27/h6-13H,23H2,1-5H3;3-13H,22H2,1-2H3,(H,24,25)(H2,23,26,27);3-12H,13,22H2,1-2H3,(H2,23,26,27)/b8-6+,9-7+;2*7-3+,8-4+. The second-order valence-corrected chi connectivity index (χ2v) is 22.9. The van der Waals surface area contributed by atoms with E-state index in [-0.39, 0.29) is 41.0 Å². The number of rotatable bonds is 38. The molecule has 11 N–H and O–H groups in total. The lowest BCUT2D eigenvalue weighted by Gasteiger charge is -2.13. The molecule has 33 nitrogen and oxygen atoms in total. The van der Waals surface area contributed by atoms with Gasteiger partial charge in [0.15, 0.2) is 74.8 Å². The van der Waals surface area contributed by atoms with Crippen LogP contribution >= 0.6 is 37.0 Å². The number of H-pyrrole nitrogens is 1. The summed E-state index contributed by atoms with van der Waals surface area (Å²) in [5, 5.41) is 16.9. The normalized spacial score (nSPS) is 11.5. The summed E-state index contributed by atoms with van der Waals surface area (Å²) in [6, 6.07) is 28.0. The minimum absolute atomic E-state index is 0.00719. The summed E-state index contributed by atoms with van der Waals surface area (Å²) >= 11 is 1.54. The predicted octanol–water partition coefficient (Wildman–Crippen LogP) is 9.51. The first kappa shape index (κ1) is 82.6. The molecule has 0 amide bonds. The smallest absolute Gasteiger partial charge is 0.380 e. The van der Waals surface area contributed by atoms with Crippen LogP contribution in [0.2, 0.25) is 0 Å². The molecule has 0 aliphatic rings. The molecule has 1 aromatic heterocycles. The number of hydrogen-bond acceptors (Lipinski definition) is 33. The van der Waals surface area contributed by atoms with E-state index in [2.05, 4.69) is 42.3 Å². The van der Waals surface area contributed by atoms with Gasteiger partial charge in [0.25, 0.3) is 37.0 Å². The van der Waals surface area contributed by atoms with Gasteiger partial charge >= 0.3 is 20.6 Å². The van der Waals surface area contributed by atoms with Crippen molar-refractivity contribution in [1.82, 2.24) is 10.2 Å². The Balaban J connectivity index is 0.000000276. The third-order valence-electron chi connectivity index (χ3n) is 12.7. The summed E-state index contributed by atoms with van der Waals surface area (Å²) in [5.74, 6) is 17.3. The topological polar surface area (TPSA) is 454 Å². The van der Waals surface area contributed by atoms with E-state index in [1.165, 1.54) is 103 Å². The number of hydrogen-bond donors (Lipinski definition) is 6. The number of benzene rings is 6. The highest BCUT2D eigenvalue weighted by atomic mass is 32.2. The van der Waals surface area contributed by atoms with Gasteiger partial charge < -0.3 is 58.8 Å². The van der Waals surface area contributed by atoms with E-state index in [9.17, 15) is 31.2 Å². The Morgan fingerprint density at radius 2 is 0.735 bits per heavy atom. The van der Waals surface area contributed by atoms with Gasteiger partial charge in [-0.15, -0.1) is 28.0 Å². The van der Waals surface area contributed by atoms with Gasteiger partial charge in [-0.2, -0.15) is 49.9 Å². The lowest BCUT2D eigenvalue weighted by Crippen LogP contribution is -2.19. The molecule has 7 rings (SSSR count). The van der Waals surface area contributed by atoms with E-state index in [0.29, 0.717) is 105 Å². The zero-order valence-electron chi connectivity index (χ0n) is 55.4. The van der Waals surface area contributed by atoms with Crippen molar-refractivity contribution in [3.8, 4) is 74.7 Å². The second-order valence-electron chi connectivity index (χ2n) is 19.3. The van der Waals surface area contributed by atoms with Gasteiger partial charge in [-0.1, -0.05) is 60.7 Å². The molecule has 0 unspecified atom stereocenters. The molecule has 102 heavy (non-hydrogen) atoms. The first-order chi connectivity index (χ1) is 48.9. The number of methoxy groups -OCH3 is 8. The maximum absolute atomic E-state index is 12.3. The molecule has 7 aromatic rings. The van der Waals surface area contributed by atoms with Gasteiger partial charge in [-0.05, 0) is 156 Å². The van der Waals surface area contributed by atoms with E-state index >= 15 is 0 Å². The molecule has 1 heterocycles. The van der Waals surface area contributed by atoms with Gasteiger partial charge in [0.05, 0.1) is 74.7 Å². The number of carbonyl (C=O) groups excluding carboxylic acids is 3. The summed E-state index contributed by atoms with van der Waals surface area (Å²) in [4.78, 5) is 48.5. The van der Waals surface area contributed by atoms with Crippen molar-refractivity contribution in [3.63, 3.8) is 0 Å². The van der Waals surface area contributed by atoms with Crippen LogP contribution in [0.15, 0.2) is 127 Å². The average molecular weight is 1510 g/mol. The van der Waals surface area contributed by atoms with Crippen LogP contribution in [-0.4, -0.2) is 101 Å². The molecule has 0 fully saturated rings. The van der Waals surface area contributed by atoms with Crippen molar-refractivity contribution in [2.24, 2.45) is 28.0 Å². The number of ether oxygens (including phenoxy) is 8. The fourth-order valence-electron chi connectivity index (χ4n) is 8.13. The van der Waals surface area contributed by atoms with E-state index in [1.807, 2.05) is 43.3 Å². The van der Waals surface area contributed by atoms with Crippen molar-refractivity contribution in [1.29, 1.82) is 0 Å². The van der Waals surface area contributed by atoms with Crippen LogP contribution in [0, 0.1) is 6.92 Å². The van der Waals surface area contributed by atoms with E-state index in [4.69, 9.17) is 82.6 Å². The van der Waals surface area contributed by atoms with Gasteiger partial charge in [0, 0.05) is 5.56 Å². The average Bonchev–Trinajstić information content (AvgIpc) is 1.00. The molecule has 0 bridgehead atoms. The van der Waals surface area contributed by atoms with Crippen LogP contribution in [0.4, 0.5) is 0 Å². The highest BCUT2D eigenvalue weighted by Gasteiger charge is 2.18. The molecule has 0 saturated carbocycles. The minimum atomic E-state index is -4.22. The first-order valence-corrected chi connectivity index (χ1v) is 33.4. The summed E-state index contributed by atoms with van der Waals surface area (Å²) in [7, 11) is 3.39. The van der Waals surface area contributed by atoms with Crippen molar-refractivity contribution >= 4 is 124 Å². The Morgan fingerprint density at radius 1 is 0.402 bits per heavy atom. The molecule has 546 valence electrons. The van der Waals surface area contributed by atoms with Gasteiger partial charge in [0.2, 0.25) is 5.75 Å². The van der Waals surface area contributed by atoms with Crippen LogP contribution < -0.4 is 86.8 Å². The van der Waals surface area contributed by atoms with Crippen LogP contribution in [0.1, 0.15) is 56.8 Å². The third kappa shape index (κ3) is 28.5. The number of aromatic amines is 1. The maximum Gasteiger partial charge on any atom is 0.380 e. The van der Waals surface area contributed by atoms with Crippen molar-refractivity contribution in [2.75, 3.05) is 56.9 Å². The van der Waals surface area contributed by atoms with Gasteiger partial charge in [0.1, 0.15) is 11.5 Å². The Kier molecular flexibility index (Phi) is 34.7. The maximum atomic E-state index is 12.3. The highest BCUT2D eigenvalue weighted by molar-refractivity contribution is 7.90. The summed E-state index contributed by atoms with van der Waals surface area (Å²) < 4.78 is 125. The predicted molar refractivity (Wildman–Crippen MR) is 379 cm³/mol. The highest BCUT2D eigenvalue weighted by Crippen LogP contribution is 2.41. The van der Waals surface area contributed by atoms with E-state index in [1.54, 1.807) is 93.1 Å². The molecular formula is C64H69N7O26S5. The van der Waals surface area contributed by atoms with Crippen molar-refractivity contribution in [2.45, 2.75) is 13.3 Å². The fourth-order valence-corrected chi connectivity index (χ4v) is 9.74. The molecule has 6 aromatic carbocycles. The van der Waals surface area contributed by atoms with Crippen LogP contribution in [0.5, 0.6) is 74.7 Å². The molecule has 0 atom stereocenters. The van der Waals surface area contributed by atoms with E-state index in [0.717, 1.165) is 27.9 Å². The zero-order chi connectivity index (χ0) is 74.6. The van der Waals surface area contributed by atoms with E-state index < -0.39 is 32.2 Å².